The molecule has 0 unspecified atom stereocenters. The summed E-state index contributed by atoms with van der Waals surface area (Å²) in [5, 5.41) is 20.5. The van der Waals surface area contributed by atoms with Gasteiger partial charge in [-0.3, -0.25) is 20.3 Å². The first-order valence-corrected chi connectivity index (χ1v) is 6.54. The van der Waals surface area contributed by atoms with Gasteiger partial charge in [-0.25, -0.2) is 5.10 Å². The van der Waals surface area contributed by atoms with Gasteiger partial charge in [0, 0.05) is 0 Å². The molecule has 0 fully saturated rings. The number of nitrogens with one attached hydrogen (secondary N) is 2. The van der Waals surface area contributed by atoms with Crippen LogP contribution < -0.4 is 20.5 Å². The minimum atomic E-state index is -0.582. The third kappa shape index (κ3) is 2.92. The van der Waals surface area contributed by atoms with Gasteiger partial charge in [-0.2, -0.15) is 10.2 Å². The van der Waals surface area contributed by atoms with Crippen molar-refractivity contribution in [1.82, 2.24) is 10.2 Å². The molecule has 0 amide bonds. The predicted octanol–water partition coefficient (Wildman–Crippen LogP) is 1.51. The van der Waals surface area contributed by atoms with Crippen molar-refractivity contribution in [1.29, 1.82) is 0 Å². The maximum Gasteiger partial charge on any atom is 0.285 e. The normalized spacial score (nSPS) is 12.6. The molecule has 0 saturated heterocycles. The fourth-order valence-electron chi connectivity index (χ4n) is 1.84. The van der Waals surface area contributed by atoms with E-state index >= 15 is 0 Å². The Bertz CT molecular complexity index is 865. The molecule has 0 saturated carbocycles. The molecule has 0 aliphatic carbocycles. The number of nitro groups is 1. The van der Waals surface area contributed by atoms with Crippen molar-refractivity contribution in [2.24, 2.45) is 5.10 Å². The van der Waals surface area contributed by atoms with Gasteiger partial charge in [0.2, 0.25) is 6.79 Å². The van der Waals surface area contributed by atoms with Crippen molar-refractivity contribution in [3.8, 4) is 11.5 Å². The van der Waals surface area contributed by atoms with Gasteiger partial charge in [-0.1, -0.05) is 11.6 Å². The van der Waals surface area contributed by atoms with Gasteiger partial charge in [-0.05, 0) is 6.07 Å². The average molecular weight is 338 g/mol. The zero-order chi connectivity index (χ0) is 16.4. The molecule has 118 valence electrons. The molecule has 11 heteroatoms. The molecule has 2 N–H and O–H groups in total. The molecule has 1 aliphatic rings. The lowest BCUT2D eigenvalue weighted by Crippen LogP contribution is -2.10. The summed E-state index contributed by atoms with van der Waals surface area (Å²) < 4.78 is 10.3. The van der Waals surface area contributed by atoms with E-state index in [-0.39, 0.29) is 28.8 Å². The van der Waals surface area contributed by atoms with E-state index in [2.05, 4.69) is 20.7 Å². The summed E-state index contributed by atoms with van der Waals surface area (Å²) in [4.78, 5) is 21.8. The van der Waals surface area contributed by atoms with Crippen molar-refractivity contribution in [3.05, 3.63) is 49.4 Å². The number of hydrogen-bond acceptors (Lipinski definition) is 8. The number of H-pyrrole nitrogens is 1. The highest BCUT2D eigenvalue weighted by molar-refractivity contribution is 6.32. The van der Waals surface area contributed by atoms with Crippen molar-refractivity contribution in [2.45, 2.75) is 0 Å². The number of halogens is 1. The molecule has 3 rings (SSSR count). The summed E-state index contributed by atoms with van der Waals surface area (Å²) in [6.07, 6.45) is 2.47. The summed E-state index contributed by atoms with van der Waals surface area (Å²) in [5.41, 5.74) is 2.07. The summed E-state index contributed by atoms with van der Waals surface area (Å²) in [6.45, 7) is -0.000592. The Morgan fingerprint density at radius 1 is 1.43 bits per heavy atom. The summed E-state index contributed by atoms with van der Waals surface area (Å²) in [5.74, 6) is 0.677. The van der Waals surface area contributed by atoms with E-state index in [1.807, 2.05) is 0 Å². The van der Waals surface area contributed by atoms with E-state index in [4.69, 9.17) is 21.1 Å². The van der Waals surface area contributed by atoms with Gasteiger partial charge in [-0.15, -0.1) is 0 Å². The number of hydrogen-bond donors (Lipinski definition) is 2. The molecule has 1 aromatic heterocycles. The van der Waals surface area contributed by atoms with Gasteiger partial charge in [0.15, 0.2) is 11.5 Å². The molecule has 0 radical (unpaired) electrons. The predicted molar refractivity (Wildman–Crippen MR) is 80.3 cm³/mol. The maximum atomic E-state index is 11.3. The van der Waals surface area contributed by atoms with Crippen LogP contribution in [0.25, 0.3) is 0 Å². The highest BCUT2D eigenvalue weighted by Gasteiger charge is 2.22. The van der Waals surface area contributed by atoms with E-state index in [9.17, 15) is 14.9 Å². The third-order valence-electron chi connectivity index (χ3n) is 2.90. The number of aromatic amines is 1. The number of aromatic nitrogens is 2. The molecule has 0 bridgehead atoms. The van der Waals surface area contributed by atoms with Crippen LogP contribution in [0.1, 0.15) is 5.56 Å². The molecule has 1 aromatic carbocycles. The number of hydrazone groups is 1. The van der Waals surface area contributed by atoms with E-state index in [0.29, 0.717) is 11.5 Å². The standard InChI is InChI=1S/C12H8ClN5O5/c13-11-7(4-15-17-12(11)19)16-14-3-6-1-9-10(23-5-22-9)2-8(6)18(20)21/h1-4H,5H2,(H2,16,17,19)/b14-3-. The number of nitro benzene ring substituents is 1. The number of nitrogens with zero attached hydrogens (tertiary/aromatic N) is 3. The number of rotatable bonds is 4. The summed E-state index contributed by atoms with van der Waals surface area (Å²) in [6, 6.07) is 2.69. The zero-order valence-electron chi connectivity index (χ0n) is 11.3. The number of anilines is 1. The molecule has 2 aromatic rings. The lowest BCUT2D eigenvalue weighted by Gasteiger charge is -2.02. The van der Waals surface area contributed by atoms with Crippen LogP contribution in [-0.4, -0.2) is 28.1 Å². The Morgan fingerprint density at radius 2 is 2.17 bits per heavy atom. The van der Waals surface area contributed by atoms with Crippen LogP contribution in [0.3, 0.4) is 0 Å². The van der Waals surface area contributed by atoms with Crippen LogP contribution in [0.5, 0.6) is 11.5 Å². The van der Waals surface area contributed by atoms with Crippen molar-refractivity contribution < 1.29 is 14.4 Å². The zero-order valence-corrected chi connectivity index (χ0v) is 12.0. The quantitative estimate of drug-likeness (QED) is 0.491. The van der Waals surface area contributed by atoms with E-state index in [0.717, 1.165) is 0 Å². The first-order chi connectivity index (χ1) is 11.1. The molecule has 10 nitrogen and oxygen atoms in total. The second-order valence-electron chi connectivity index (χ2n) is 4.32. The topological polar surface area (TPSA) is 132 Å². The molecule has 23 heavy (non-hydrogen) atoms. The van der Waals surface area contributed by atoms with Crippen LogP contribution in [0, 0.1) is 10.1 Å². The fraction of sp³-hybridized carbons (Fsp3) is 0.0833. The second kappa shape index (κ2) is 5.93. The van der Waals surface area contributed by atoms with Crippen LogP contribution in [0.4, 0.5) is 11.4 Å². The molecular weight excluding hydrogens is 330 g/mol. The number of benzene rings is 1. The van der Waals surface area contributed by atoms with Crippen LogP contribution in [0.15, 0.2) is 28.2 Å². The largest absolute Gasteiger partial charge is 0.454 e. The highest BCUT2D eigenvalue weighted by Crippen LogP contribution is 2.37. The van der Waals surface area contributed by atoms with Gasteiger partial charge in [0.05, 0.1) is 29.0 Å². The number of ether oxygens (including phenoxy) is 2. The number of fused-ring (bicyclic) bond motifs is 1. The van der Waals surface area contributed by atoms with Gasteiger partial charge in [0.1, 0.15) is 10.7 Å². The average Bonchev–Trinajstić information content (AvgIpc) is 2.98. The Labute approximate surface area is 132 Å². The maximum absolute atomic E-state index is 11.3. The minimum absolute atomic E-state index is 0.000592. The fourth-order valence-corrected chi connectivity index (χ4v) is 1.97. The Kier molecular flexibility index (Phi) is 3.81. The van der Waals surface area contributed by atoms with Crippen LogP contribution in [-0.2, 0) is 0 Å². The molecule has 0 spiro atoms. The lowest BCUT2D eigenvalue weighted by atomic mass is 10.1. The van der Waals surface area contributed by atoms with Gasteiger partial charge >= 0.3 is 0 Å². The van der Waals surface area contributed by atoms with Crippen LogP contribution in [0.2, 0.25) is 5.02 Å². The molecule has 0 atom stereocenters. The van der Waals surface area contributed by atoms with E-state index < -0.39 is 10.5 Å². The monoisotopic (exact) mass is 337 g/mol. The molecule has 2 heterocycles. The lowest BCUT2D eigenvalue weighted by molar-refractivity contribution is -0.385. The smallest absolute Gasteiger partial charge is 0.285 e. The highest BCUT2D eigenvalue weighted by atomic mass is 35.5. The minimum Gasteiger partial charge on any atom is -0.454 e. The van der Waals surface area contributed by atoms with Crippen molar-refractivity contribution in [2.75, 3.05) is 12.2 Å². The third-order valence-corrected chi connectivity index (χ3v) is 3.28. The van der Waals surface area contributed by atoms with Gasteiger partial charge in [0.25, 0.3) is 11.2 Å². The van der Waals surface area contributed by atoms with Crippen LogP contribution >= 0.6 is 11.6 Å². The Morgan fingerprint density at radius 3 is 2.91 bits per heavy atom. The second-order valence-corrected chi connectivity index (χ2v) is 4.70. The Balaban J connectivity index is 1.89. The molecule has 1 aliphatic heterocycles. The van der Waals surface area contributed by atoms with E-state index in [1.165, 1.54) is 24.5 Å². The first kappa shape index (κ1) is 14.8. The Hall–Kier alpha value is -3.14. The van der Waals surface area contributed by atoms with E-state index in [1.54, 1.807) is 0 Å². The summed E-state index contributed by atoms with van der Waals surface area (Å²) in [7, 11) is 0. The summed E-state index contributed by atoms with van der Waals surface area (Å²) >= 11 is 5.77. The van der Waals surface area contributed by atoms with Gasteiger partial charge < -0.3 is 9.47 Å². The van der Waals surface area contributed by atoms with Crippen molar-refractivity contribution >= 4 is 29.2 Å². The SMILES string of the molecule is O=c1[nH]ncc(N/N=C\c2cc3c(cc2[N+](=O)[O-])OCO3)c1Cl. The first-order valence-electron chi connectivity index (χ1n) is 6.16. The molecular formula is C12H8ClN5O5. The van der Waals surface area contributed by atoms with Crippen molar-refractivity contribution in [3.63, 3.8) is 0 Å².